The second-order valence-electron chi connectivity index (χ2n) is 7.45. The van der Waals surface area contributed by atoms with Gasteiger partial charge in [0.1, 0.15) is 5.60 Å². The van der Waals surface area contributed by atoms with E-state index in [1.807, 2.05) is 81.4 Å². The lowest BCUT2D eigenvalue weighted by Gasteiger charge is -2.29. The van der Waals surface area contributed by atoms with E-state index in [4.69, 9.17) is 9.47 Å². The third kappa shape index (κ3) is 6.24. The Hall–Kier alpha value is -2.62. The zero-order chi connectivity index (χ0) is 19.9. The second-order valence-corrected chi connectivity index (χ2v) is 7.45. The minimum atomic E-state index is -0.616. The highest BCUT2D eigenvalue weighted by atomic mass is 16.6. The summed E-state index contributed by atoms with van der Waals surface area (Å²) < 4.78 is 10.9. The van der Waals surface area contributed by atoms with Crippen LogP contribution < -0.4 is 0 Å². The minimum absolute atomic E-state index is 0.108. The van der Waals surface area contributed by atoms with Crippen LogP contribution in [0.4, 0.5) is 0 Å². The van der Waals surface area contributed by atoms with Gasteiger partial charge in [0.05, 0.1) is 18.9 Å². The number of hydrogen-bond acceptors (Lipinski definition) is 4. The molecule has 2 atom stereocenters. The maximum atomic E-state index is 13.1. The standard InChI is InChI=1S/C23H28O4/c1-5-26-20(24)16-19(17-12-8-6-9-13-17)21(18-14-10-7-11-15-18)22(25)27-23(2,3)4/h6-15,19,21H,5,16H2,1-4H3/t19-,21+/m0/s1. The van der Waals surface area contributed by atoms with Gasteiger partial charge < -0.3 is 9.47 Å². The molecule has 0 aliphatic carbocycles. The largest absolute Gasteiger partial charge is 0.466 e. The third-order valence-electron chi connectivity index (χ3n) is 4.14. The van der Waals surface area contributed by atoms with E-state index in [1.54, 1.807) is 6.92 Å². The second kappa shape index (κ2) is 9.36. The van der Waals surface area contributed by atoms with Gasteiger partial charge in [0.15, 0.2) is 0 Å². The Balaban J connectivity index is 2.48. The summed E-state index contributed by atoms with van der Waals surface area (Å²) in [5.74, 6) is -1.64. The highest BCUT2D eigenvalue weighted by molar-refractivity contribution is 5.82. The molecule has 0 unspecified atom stereocenters. The van der Waals surface area contributed by atoms with Gasteiger partial charge in [0, 0.05) is 5.92 Å². The highest BCUT2D eigenvalue weighted by Crippen LogP contribution is 2.38. The maximum absolute atomic E-state index is 13.1. The molecule has 27 heavy (non-hydrogen) atoms. The average molecular weight is 368 g/mol. The first-order valence-corrected chi connectivity index (χ1v) is 9.30. The van der Waals surface area contributed by atoms with Crippen molar-refractivity contribution in [1.82, 2.24) is 0 Å². The van der Waals surface area contributed by atoms with Gasteiger partial charge in [0.2, 0.25) is 0 Å². The number of esters is 2. The Morgan fingerprint density at radius 1 is 0.889 bits per heavy atom. The molecule has 0 amide bonds. The summed E-state index contributed by atoms with van der Waals surface area (Å²) in [5, 5.41) is 0. The van der Waals surface area contributed by atoms with Gasteiger partial charge in [0.25, 0.3) is 0 Å². The first-order chi connectivity index (χ1) is 12.8. The minimum Gasteiger partial charge on any atom is -0.466 e. The third-order valence-corrected chi connectivity index (χ3v) is 4.14. The Labute approximate surface area is 161 Å². The fourth-order valence-electron chi connectivity index (χ4n) is 3.09. The van der Waals surface area contributed by atoms with E-state index in [1.165, 1.54) is 0 Å². The van der Waals surface area contributed by atoms with E-state index in [0.29, 0.717) is 6.61 Å². The van der Waals surface area contributed by atoms with E-state index in [0.717, 1.165) is 11.1 Å². The van der Waals surface area contributed by atoms with Crippen molar-refractivity contribution in [2.75, 3.05) is 6.61 Å². The molecule has 0 bridgehead atoms. The number of carbonyl (C=O) groups is 2. The normalized spacial score (nSPS) is 13.5. The summed E-state index contributed by atoms with van der Waals surface area (Å²) in [4.78, 5) is 25.4. The van der Waals surface area contributed by atoms with Gasteiger partial charge in [-0.3, -0.25) is 9.59 Å². The van der Waals surface area contributed by atoms with Crippen LogP contribution in [-0.2, 0) is 19.1 Å². The molecule has 0 radical (unpaired) electrons. The highest BCUT2D eigenvalue weighted by Gasteiger charge is 2.36. The van der Waals surface area contributed by atoms with Gasteiger partial charge in [-0.1, -0.05) is 60.7 Å². The fourth-order valence-corrected chi connectivity index (χ4v) is 3.09. The van der Waals surface area contributed by atoms with Crippen molar-refractivity contribution in [2.24, 2.45) is 0 Å². The molecular weight excluding hydrogens is 340 g/mol. The number of ether oxygens (including phenoxy) is 2. The van der Waals surface area contributed by atoms with E-state index < -0.39 is 11.5 Å². The topological polar surface area (TPSA) is 52.6 Å². The Kier molecular flexibility index (Phi) is 7.17. The average Bonchev–Trinajstić information content (AvgIpc) is 2.61. The van der Waals surface area contributed by atoms with Crippen molar-refractivity contribution in [1.29, 1.82) is 0 Å². The van der Waals surface area contributed by atoms with Crippen molar-refractivity contribution >= 4 is 11.9 Å². The van der Waals surface area contributed by atoms with Crippen LogP contribution in [0.1, 0.15) is 57.1 Å². The maximum Gasteiger partial charge on any atom is 0.314 e. The SMILES string of the molecule is CCOC(=O)C[C@@H](c1ccccc1)[C@H](C(=O)OC(C)(C)C)c1ccccc1. The molecule has 4 nitrogen and oxygen atoms in total. The summed E-state index contributed by atoms with van der Waals surface area (Å²) in [6.07, 6.45) is 0.108. The smallest absolute Gasteiger partial charge is 0.314 e. The Morgan fingerprint density at radius 2 is 1.41 bits per heavy atom. The van der Waals surface area contributed by atoms with Crippen molar-refractivity contribution in [3.63, 3.8) is 0 Å². The van der Waals surface area contributed by atoms with E-state index >= 15 is 0 Å². The number of benzene rings is 2. The first kappa shape index (κ1) is 20.7. The van der Waals surface area contributed by atoms with Crippen LogP contribution in [0.3, 0.4) is 0 Å². The van der Waals surface area contributed by atoms with E-state index in [9.17, 15) is 9.59 Å². The molecule has 0 saturated carbocycles. The van der Waals surface area contributed by atoms with Crippen LogP contribution in [0.2, 0.25) is 0 Å². The summed E-state index contributed by atoms with van der Waals surface area (Å²) in [7, 11) is 0. The molecule has 0 aliphatic rings. The Morgan fingerprint density at radius 3 is 1.89 bits per heavy atom. The molecule has 0 spiro atoms. The summed E-state index contributed by atoms with van der Waals surface area (Å²) in [5.41, 5.74) is 1.12. The zero-order valence-electron chi connectivity index (χ0n) is 16.5. The molecule has 0 N–H and O–H groups in total. The van der Waals surface area contributed by atoms with Crippen molar-refractivity contribution in [2.45, 2.75) is 51.6 Å². The van der Waals surface area contributed by atoms with Crippen molar-refractivity contribution in [3.8, 4) is 0 Å². The molecule has 2 rings (SSSR count). The first-order valence-electron chi connectivity index (χ1n) is 9.30. The summed E-state index contributed by atoms with van der Waals surface area (Å²) in [6.45, 7) is 7.61. The number of rotatable bonds is 7. The van der Waals surface area contributed by atoms with Crippen LogP contribution in [-0.4, -0.2) is 24.1 Å². The molecule has 2 aromatic rings. The van der Waals surface area contributed by atoms with Crippen molar-refractivity contribution < 1.29 is 19.1 Å². The van der Waals surface area contributed by atoms with E-state index in [2.05, 4.69) is 0 Å². The lowest BCUT2D eigenvalue weighted by atomic mass is 9.79. The Bertz CT molecular complexity index is 732. The van der Waals surface area contributed by atoms with Crippen LogP contribution in [0, 0.1) is 0 Å². The fraction of sp³-hybridized carbons (Fsp3) is 0.391. The van der Waals surface area contributed by atoms with Gasteiger partial charge in [-0.15, -0.1) is 0 Å². The summed E-state index contributed by atoms with van der Waals surface area (Å²) in [6, 6.07) is 19.1. The zero-order valence-corrected chi connectivity index (χ0v) is 16.5. The molecule has 0 saturated heterocycles. The number of hydrogen-bond donors (Lipinski definition) is 0. The van der Waals surface area contributed by atoms with Crippen LogP contribution in [0.15, 0.2) is 60.7 Å². The van der Waals surface area contributed by atoms with E-state index in [-0.39, 0.29) is 24.3 Å². The van der Waals surface area contributed by atoms with Crippen LogP contribution in [0.5, 0.6) is 0 Å². The molecule has 0 heterocycles. The van der Waals surface area contributed by atoms with Gasteiger partial charge >= 0.3 is 11.9 Å². The lowest BCUT2D eigenvalue weighted by molar-refractivity contribution is -0.157. The lowest BCUT2D eigenvalue weighted by Crippen LogP contribution is -2.31. The predicted octanol–water partition coefficient (Wildman–Crippen LogP) is 4.85. The molecule has 144 valence electrons. The quantitative estimate of drug-likeness (QED) is 0.656. The molecule has 0 aromatic heterocycles. The molecule has 0 fully saturated rings. The van der Waals surface area contributed by atoms with Gasteiger partial charge in [-0.05, 0) is 38.8 Å². The summed E-state index contributed by atoms with van der Waals surface area (Å²) >= 11 is 0. The molecule has 0 aliphatic heterocycles. The molecule has 2 aromatic carbocycles. The van der Waals surface area contributed by atoms with Crippen molar-refractivity contribution in [3.05, 3.63) is 71.8 Å². The van der Waals surface area contributed by atoms with Crippen LogP contribution in [0.25, 0.3) is 0 Å². The monoisotopic (exact) mass is 368 g/mol. The number of carbonyl (C=O) groups excluding carboxylic acids is 2. The van der Waals surface area contributed by atoms with Gasteiger partial charge in [-0.25, -0.2) is 0 Å². The van der Waals surface area contributed by atoms with Gasteiger partial charge in [-0.2, -0.15) is 0 Å². The molecule has 4 heteroatoms. The van der Waals surface area contributed by atoms with Crippen LogP contribution >= 0.6 is 0 Å². The predicted molar refractivity (Wildman–Crippen MR) is 105 cm³/mol. The molecular formula is C23H28O4.